The SMILES string of the molecule is CN1CCN(CCCN2c3ccccc3S(=O)c3ccccc32)CC1=O. The maximum absolute atomic E-state index is 12.9. The lowest BCUT2D eigenvalue weighted by Gasteiger charge is -2.34. The fourth-order valence-electron chi connectivity index (χ4n) is 3.61. The van der Waals surface area contributed by atoms with Crippen LogP contribution in [-0.4, -0.2) is 59.7 Å². The molecule has 1 saturated heterocycles. The molecule has 0 N–H and O–H groups in total. The number of hydrogen-bond donors (Lipinski definition) is 0. The van der Waals surface area contributed by atoms with Crippen molar-refractivity contribution in [2.24, 2.45) is 0 Å². The largest absolute Gasteiger partial charge is 0.343 e. The average Bonchev–Trinajstić information content (AvgIpc) is 2.67. The smallest absolute Gasteiger partial charge is 0.236 e. The van der Waals surface area contributed by atoms with Gasteiger partial charge in [0, 0.05) is 33.2 Å². The molecule has 0 spiro atoms. The third-order valence-electron chi connectivity index (χ3n) is 5.10. The van der Waals surface area contributed by atoms with E-state index in [0.717, 1.165) is 53.8 Å². The second-order valence-corrected chi connectivity index (χ2v) is 8.22. The molecule has 0 aromatic heterocycles. The van der Waals surface area contributed by atoms with E-state index in [0.29, 0.717) is 6.54 Å². The number of piperazine rings is 1. The Bertz CT molecular complexity index is 805. The molecule has 0 unspecified atom stereocenters. The second-order valence-electron chi connectivity index (χ2n) is 6.80. The van der Waals surface area contributed by atoms with E-state index in [-0.39, 0.29) is 5.91 Å². The number of likely N-dealkylation sites (N-methyl/N-ethyl adjacent to an activating group) is 1. The summed E-state index contributed by atoms with van der Waals surface area (Å²) in [7, 11) is 0.731. The summed E-state index contributed by atoms with van der Waals surface area (Å²) in [6, 6.07) is 15.9. The molecule has 136 valence electrons. The molecule has 2 aromatic carbocycles. The van der Waals surface area contributed by atoms with E-state index < -0.39 is 10.8 Å². The quantitative estimate of drug-likeness (QED) is 0.831. The van der Waals surface area contributed by atoms with E-state index >= 15 is 0 Å². The zero-order valence-corrected chi connectivity index (χ0v) is 15.7. The van der Waals surface area contributed by atoms with Crippen molar-refractivity contribution in [2.75, 3.05) is 44.7 Å². The normalized spacial score (nSPS) is 18.0. The summed E-state index contributed by atoms with van der Waals surface area (Å²) in [5.74, 6) is 0.195. The van der Waals surface area contributed by atoms with Crippen molar-refractivity contribution in [1.29, 1.82) is 0 Å². The lowest BCUT2D eigenvalue weighted by atomic mass is 10.2. The summed E-state index contributed by atoms with van der Waals surface area (Å²) in [4.78, 5) is 19.9. The fraction of sp³-hybridized carbons (Fsp3) is 0.350. The zero-order valence-electron chi connectivity index (χ0n) is 14.9. The van der Waals surface area contributed by atoms with Gasteiger partial charge in [-0.25, -0.2) is 4.21 Å². The van der Waals surface area contributed by atoms with Crippen LogP contribution in [0.1, 0.15) is 6.42 Å². The van der Waals surface area contributed by atoms with Crippen LogP contribution in [0.5, 0.6) is 0 Å². The molecule has 0 bridgehead atoms. The van der Waals surface area contributed by atoms with E-state index in [1.165, 1.54) is 0 Å². The first kappa shape index (κ1) is 17.2. The van der Waals surface area contributed by atoms with Crippen LogP contribution < -0.4 is 4.90 Å². The predicted molar refractivity (Wildman–Crippen MR) is 103 cm³/mol. The summed E-state index contributed by atoms with van der Waals surface area (Å²) >= 11 is 0. The van der Waals surface area contributed by atoms with E-state index in [2.05, 4.69) is 9.80 Å². The lowest BCUT2D eigenvalue weighted by molar-refractivity contribution is -0.134. The standard InChI is InChI=1S/C20H23N3O2S/c1-21-13-14-22(15-20(21)24)11-6-12-23-16-7-2-4-9-18(16)26(25)19-10-5-3-8-17(19)23/h2-5,7-10H,6,11-15H2,1H3. The van der Waals surface area contributed by atoms with E-state index in [1.54, 1.807) is 4.90 Å². The minimum Gasteiger partial charge on any atom is -0.343 e. The van der Waals surface area contributed by atoms with Crippen molar-refractivity contribution < 1.29 is 9.00 Å². The first-order valence-corrected chi connectivity index (χ1v) is 10.1. The second kappa shape index (κ2) is 7.21. The summed E-state index contributed by atoms with van der Waals surface area (Å²) in [6.45, 7) is 3.97. The Morgan fingerprint density at radius 3 is 2.15 bits per heavy atom. The third-order valence-corrected chi connectivity index (χ3v) is 6.59. The minimum atomic E-state index is -1.13. The van der Waals surface area contributed by atoms with Gasteiger partial charge in [-0.1, -0.05) is 24.3 Å². The van der Waals surface area contributed by atoms with E-state index in [9.17, 15) is 9.00 Å². The Labute approximate surface area is 156 Å². The van der Waals surface area contributed by atoms with Crippen LogP contribution in [0.4, 0.5) is 11.4 Å². The molecule has 2 aromatic rings. The molecule has 0 atom stereocenters. The van der Waals surface area contributed by atoms with Crippen LogP contribution in [0.3, 0.4) is 0 Å². The van der Waals surface area contributed by atoms with Crippen LogP contribution in [0, 0.1) is 0 Å². The minimum absolute atomic E-state index is 0.195. The summed E-state index contributed by atoms with van der Waals surface area (Å²) in [5.41, 5.74) is 2.05. The highest BCUT2D eigenvalue weighted by atomic mass is 32.2. The molecule has 0 radical (unpaired) electrons. The monoisotopic (exact) mass is 369 g/mol. The van der Waals surface area contributed by atoms with Crippen molar-refractivity contribution in [1.82, 2.24) is 9.80 Å². The Morgan fingerprint density at radius 1 is 0.923 bits per heavy atom. The molecular formula is C20H23N3O2S. The molecule has 0 saturated carbocycles. The highest BCUT2D eigenvalue weighted by Gasteiger charge is 2.27. The van der Waals surface area contributed by atoms with Gasteiger partial charge < -0.3 is 9.80 Å². The molecular weight excluding hydrogens is 346 g/mol. The van der Waals surface area contributed by atoms with Crippen molar-refractivity contribution >= 4 is 28.1 Å². The molecule has 6 heteroatoms. The summed E-state index contributed by atoms with van der Waals surface area (Å²) in [6.07, 6.45) is 0.951. The topological polar surface area (TPSA) is 43.9 Å². The Kier molecular flexibility index (Phi) is 4.78. The first-order chi connectivity index (χ1) is 12.6. The number of amides is 1. The van der Waals surface area contributed by atoms with E-state index in [1.807, 2.05) is 55.6 Å². The molecule has 2 aliphatic heterocycles. The van der Waals surface area contributed by atoms with Gasteiger partial charge in [-0.05, 0) is 30.7 Å². The summed E-state index contributed by atoms with van der Waals surface area (Å²) < 4.78 is 12.9. The van der Waals surface area contributed by atoms with Crippen molar-refractivity contribution in [2.45, 2.75) is 16.2 Å². The van der Waals surface area contributed by atoms with E-state index in [4.69, 9.17) is 0 Å². The van der Waals surface area contributed by atoms with Crippen LogP contribution in [-0.2, 0) is 15.6 Å². The van der Waals surface area contributed by atoms with Crippen molar-refractivity contribution in [3.63, 3.8) is 0 Å². The van der Waals surface area contributed by atoms with Gasteiger partial charge in [-0.3, -0.25) is 9.69 Å². The summed E-state index contributed by atoms with van der Waals surface area (Å²) in [5, 5.41) is 0. The maximum atomic E-state index is 12.9. The average molecular weight is 369 g/mol. The van der Waals surface area contributed by atoms with Gasteiger partial charge in [0.15, 0.2) is 0 Å². The maximum Gasteiger partial charge on any atom is 0.236 e. The van der Waals surface area contributed by atoms with Gasteiger partial charge in [-0.2, -0.15) is 0 Å². The highest BCUT2D eigenvalue weighted by molar-refractivity contribution is 7.85. The fourth-order valence-corrected chi connectivity index (χ4v) is 4.99. The number of carbonyl (C=O) groups is 1. The number of rotatable bonds is 4. The number of fused-ring (bicyclic) bond motifs is 2. The number of nitrogens with zero attached hydrogens (tertiary/aromatic N) is 3. The number of carbonyl (C=O) groups excluding carboxylic acids is 1. The first-order valence-electron chi connectivity index (χ1n) is 8.99. The lowest BCUT2D eigenvalue weighted by Crippen LogP contribution is -2.48. The number of anilines is 2. The Balaban J connectivity index is 1.51. The van der Waals surface area contributed by atoms with Crippen LogP contribution >= 0.6 is 0 Å². The van der Waals surface area contributed by atoms with Gasteiger partial charge in [0.2, 0.25) is 5.91 Å². The number of hydrogen-bond acceptors (Lipinski definition) is 4. The van der Waals surface area contributed by atoms with Gasteiger partial charge in [-0.15, -0.1) is 0 Å². The molecule has 26 heavy (non-hydrogen) atoms. The highest BCUT2D eigenvalue weighted by Crippen LogP contribution is 2.41. The molecule has 1 amide bonds. The number of para-hydroxylation sites is 2. The molecule has 2 heterocycles. The van der Waals surface area contributed by atoms with Gasteiger partial charge >= 0.3 is 0 Å². The third kappa shape index (κ3) is 3.15. The molecule has 5 nitrogen and oxygen atoms in total. The molecule has 0 aliphatic carbocycles. The molecule has 4 rings (SSSR count). The van der Waals surface area contributed by atoms with Crippen molar-refractivity contribution in [3.05, 3.63) is 48.5 Å². The zero-order chi connectivity index (χ0) is 18.1. The number of benzene rings is 2. The van der Waals surface area contributed by atoms with Crippen LogP contribution in [0.2, 0.25) is 0 Å². The van der Waals surface area contributed by atoms with Gasteiger partial charge in [0.05, 0.1) is 38.5 Å². The Morgan fingerprint density at radius 2 is 1.54 bits per heavy atom. The Hall–Kier alpha value is -2.18. The van der Waals surface area contributed by atoms with Crippen LogP contribution in [0.15, 0.2) is 58.3 Å². The van der Waals surface area contributed by atoms with Crippen molar-refractivity contribution in [3.8, 4) is 0 Å². The molecule has 1 fully saturated rings. The molecule has 2 aliphatic rings. The van der Waals surface area contributed by atoms with Crippen LogP contribution in [0.25, 0.3) is 0 Å². The van der Waals surface area contributed by atoms with Gasteiger partial charge in [0.1, 0.15) is 0 Å². The van der Waals surface area contributed by atoms with Gasteiger partial charge in [0.25, 0.3) is 0 Å². The predicted octanol–water partition coefficient (Wildman–Crippen LogP) is 2.47.